The molecule has 0 aliphatic rings. The average Bonchev–Trinajstić information content (AvgIpc) is 1.99. The monoisotopic (exact) mass is 200 g/mol. The van der Waals surface area contributed by atoms with Crippen molar-refractivity contribution >= 4 is 5.78 Å². The van der Waals surface area contributed by atoms with Crippen LogP contribution in [0.4, 0.5) is 0 Å². The Morgan fingerprint density at radius 1 is 1.29 bits per heavy atom. The van der Waals surface area contributed by atoms with E-state index in [4.69, 9.17) is 0 Å². The predicted octanol–water partition coefficient (Wildman–Crippen LogP) is 2.79. The van der Waals surface area contributed by atoms with E-state index in [0.717, 1.165) is 0 Å². The van der Waals surface area contributed by atoms with Crippen molar-refractivity contribution in [3.63, 3.8) is 0 Å². The van der Waals surface area contributed by atoms with Crippen LogP contribution >= 0.6 is 0 Å². The summed E-state index contributed by atoms with van der Waals surface area (Å²) in [7, 11) is 0. The second kappa shape index (κ2) is 5.50. The summed E-state index contributed by atoms with van der Waals surface area (Å²) in [6, 6.07) is 0. The zero-order valence-electron chi connectivity index (χ0n) is 10.1. The van der Waals surface area contributed by atoms with E-state index in [1.807, 2.05) is 27.7 Å². The number of rotatable bonds is 6. The predicted molar refractivity (Wildman–Crippen MR) is 59.2 cm³/mol. The average molecular weight is 200 g/mol. The zero-order chi connectivity index (χ0) is 11.4. The SMILES string of the molecule is CC(C)CC(=O)CCC(C)(O)C(C)C. The maximum absolute atomic E-state index is 11.4. The van der Waals surface area contributed by atoms with Gasteiger partial charge in [0, 0.05) is 12.8 Å². The second-order valence-corrected chi connectivity index (χ2v) is 5.15. The van der Waals surface area contributed by atoms with Gasteiger partial charge in [0.15, 0.2) is 0 Å². The van der Waals surface area contributed by atoms with Gasteiger partial charge in [-0.1, -0.05) is 27.7 Å². The van der Waals surface area contributed by atoms with E-state index in [1.165, 1.54) is 0 Å². The van der Waals surface area contributed by atoms with Gasteiger partial charge in [0.25, 0.3) is 0 Å². The molecule has 1 unspecified atom stereocenters. The van der Waals surface area contributed by atoms with Gasteiger partial charge in [-0.2, -0.15) is 0 Å². The summed E-state index contributed by atoms with van der Waals surface area (Å²) < 4.78 is 0. The number of hydrogen-bond donors (Lipinski definition) is 1. The molecule has 0 amide bonds. The van der Waals surface area contributed by atoms with Gasteiger partial charge in [-0.25, -0.2) is 0 Å². The van der Waals surface area contributed by atoms with Crippen LogP contribution in [0.5, 0.6) is 0 Å². The molecule has 0 rings (SSSR count). The molecule has 84 valence electrons. The van der Waals surface area contributed by atoms with E-state index in [1.54, 1.807) is 6.92 Å². The third-order valence-electron chi connectivity index (χ3n) is 2.79. The molecule has 0 aromatic heterocycles. The van der Waals surface area contributed by atoms with E-state index >= 15 is 0 Å². The van der Waals surface area contributed by atoms with Gasteiger partial charge in [-0.3, -0.25) is 4.79 Å². The molecule has 0 fully saturated rings. The van der Waals surface area contributed by atoms with E-state index in [-0.39, 0.29) is 11.7 Å². The molecule has 2 heteroatoms. The van der Waals surface area contributed by atoms with E-state index in [2.05, 4.69) is 0 Å². The van der Waals surface area contributed by atoms with Crippen molar-refractivity contribution in [2.24, 2.45) is 11.8 Å². The van der Waals surface area contributed by atoms with Gasteiger partial charge in [0.05, 0.1) is 5.60 Å². The molecule has 14 heavy (non-hydrogen) atoms. The zero-order valence-corrected chi connectivity index (χ0v) is 10.1. The van der Waals surface area contributed by atoms with Crippen molar-refractivity contribution in [2.75, 3.05) is 0 Å². The van der Waals surface area contributed by atoms with Crippen LogP contribution in [0, 0.1) is 11.8 Å². The highest BCUT2D eigenvalue weighted by Crippen LogP contribution is 2.22. The molecular weight excluding hydrogens is 176 g/mol. The Kier molecular flexibility index (Phi) is 5.35. The highest BCUT2D eigenvalue weighted by Gasteiger charge is 2.25. The van der Waals surface area contributed by atoms with Crippen LogP contribution < -0.4 is 0 Å². The smallest absolute Gasteiger partial charge is 0.133 e. The lowest BCUT2D eigenvalue weighted by atomic mass is 9.86. The number of carbonyl (C=O) groups is 1. The first kappa shape index (κ1) is 13.6. The van der Waals surface area contributed by atoms with Gasteiger partial charge < -0.3 is 5.11 Å². The first-order chi connectivity index (χ1) is 6.25. The minimum atomic E-state index is -0.702. The van der Waals surface area contributed by atoms with Crippen molar-refractivity contribution in [2.45, 2.75) is 59.5 Å². The summed E-state index contributed by atoms with van der Waals surface area (Å²) in [6.45, 7) is 9.84. The molecule has 0 aliphatic carbocycles. The van der Waals surface area contributed by atoms with Crippen LogP contribution in [-0.4, -0.2) is 16.5 Å². The van der Waals surface area contributed by atoms with Crippen LogP contribution in [0.1, 0.15) is 53.9 Å². The lowest BCUT2D eigenvalue weighted by Crippen LogP contribution is -2.31. The Morgan fingerprint density at radius 3 is 2.14 bits per heavy atom. The highest BCUT2D eigenvalue weighted by atomic mass is 16.3. The fourth-order valence-electron chi connectivity index (χ4n) is 1.24. The van der Waals surface area contributed by atoms with Crippen LogP contribution in [-0.2, 0) is 4.79 Å². The molecule has 0 aromatic rings. The number of Topliss-reactive ketones (excluding diaryl/α,β-unsaturated/α-hetero) is 1. The summed E-state index contributed by atoms with van der Waals surface area (Å²) in [5.74, 6) is 0.891. The molecule has 0 aromatic carbocycles. The van der Waals surface area contributed by atoms with Crippen molar-refractivity contribution in [1.29, 1.82) is 0 Å². The quantitative estimate of drug-likeness (QED) is 0.716. The molecular formula is C12H24O2. The molecule has 0 saturated carbocycles. The summed E-state index contributed by atoms with van der Waals surface area (Å²) in [5.41, 5.74) is -0.702. The maximum Gasteiger partial charge on any atom is 0.133 e. The van der Waals surface area contributed by atoms with Crippen molar-refractivity contribution in [1.82, 2.24) is 0 Å². The van der Waals surface area contributed by atoms with Crippen molar-refractivity contribution in [3.8, 4) is 0 Å². The minimum absolute atomic E-state index is 0.203. The standard InChI is InChI=1S/C12H24O2/c1-9(2)8-11(13)6-7-12(5,14)10(3)4/h9-10,14H,6-8H2,1-5H3. The van der Waals surface area contributed by atoms with Gasteiger partial charge in [0.2, 0.25) is 0 Å². The van der Waals surface area contributed by atoms with Gasteiger partial charge in [-0.05, 0) is 25.2 Å². The first-order valence-electron chi connectivity index (χ1n) is 5.49. The van der Waals surface area contributed by atoms with Crippen LogP contribution in [0.25, 0.3) is 0 Å². The molecule has 0 spiro atoms. The van der Waals surface area contributed by atoms with Gasteiger partial charge in [0.1, 0.15) is 5.78 Å². The third-order valence-corrected chi connectivity index (χ3v) is 2.79. The summed E-state index contributed by atoms with van der Waals surface area (Å²) in [6.07, 6.45) is 1.72. The third kappa shape index (κ3) is 5.38. The van der Waals surface area contributed by atoms with Crippen LogP contribution in [0.15, 0.2) is 0 Å². The Bertz CT molecular complexity index is 181. The van der Waals surface area contributed by atoms with E-state index in [0.29, 0.717) is 25.2 Å². The van der Waals surface area contributed by atoms with Gasteiger partial charge in [-0.15, -0.1) is 0 Å². The molecule has 2 nitrogen and oxygen atoms in total. The normalized spacial score (nSPS) is 16.0. The van der Waals surface area contributed by atoms with E-state index < -0.39 is 5.60 Å². The molecule has 1 N–H and O–H groups in total. The molecule has 0 radical (unpaired) electrons. The Labute approximate surface area is 87.7 Å². The van der Waals surface area contributed by atoms with Gasteiger partial charge >= 0.3 is 0 Å². The summed E-state index contributed by atoms with van der Waals surface area (Å²) in [4.78, 5) is 11.4. The van der Waals surface area contributed by atoms with E-state index in [9.17, 15) is 9.90 Å². The number of hydrogen-bond acceptors (Lipinski definition) is 2. The fraction of sp³-hybridized carbons (Fsp3) is 0.917. The molecule has 0 saturated heterocycles. The Hall–Kier alpha value is -0.370. The van der Waals surface area contributed by atoms with Crippen LogP contribution in [0.3, 0.4) is 0 Å². The topological polar surface area (TPSA) is 37.3 Å². The summed E-state index contributed by atoms with van der Waals surface area (Å²) >= 11 is 0. The molecule has 0 heterocycles. The Balaban J connectivity index is 3.88. The number of ketones is 1. The Morgan fingerprint density at radius 2 is 1.79 bits per heavy atom. The number of carbonyl (C=O) groups excluding carboxylic acids is 1. The number of aliphatic hydroxyl groups is 1. The second-order valence-electron chi connectivity index (χ2n) is 5.15. The highest BCUT2D eigenvalue weighted by molar-refractivity contribution is 5.78. The van der Waals surface area contributed by atoms with Crippen molar-refractivity contribution < 1.29 is 9.90 Å². The maximum atomic E-state index is 11.4. The molecule has 1 atom stereocenters. The molecule has 0 aliphatic heterocycles. The minimum Gasteiger partial charge on any atom is -0.390 e. The van der Waals surface area contributed by atoms with Crippen LogP contribution in [0.2, 0.25) is 0 Å². The largest absolute Gasteiger partial charge is 0.390 e. The molecule has 0 bridgehead atoms. The summed E-state index contributed by atoms with van der Waals surface area (Å²) in [5, 5.41) is 9.92. The lowest BCUT2D eigenvalue weighted by molar-refractivity contribution is -0.121. The fourth-order valence-corrected chi connectivity index (χ4v) is 1.24. The van der Waals surface area contributed by atoms with Crippen molar-refractivity contribution in [3.05, 3.63) is 0 Å². The lowest BCUT2D eigenvalue weighted by Gasteiger charge is -2.27. The first-order valence-corrected chi connectivity index (χ1v) is 5.49.